The number of hydrogen-bond acceptors (Lipinski definition) is 3. The van der Waals surface area contributed by atoms with E-state index in [0.717, 1.165) is 6.42 Å². The number of imidazole rings is 1. The van der Waals surface area contributed by atoms with Crippen LogP contribution in [-0.4, -0.2) is 19.5 Å². The van der Waals surface area contributed by atoms with Gasteiger partial charge >= 0.3 is 0 Å². The first-order valence-electron chi connectivity index (χ1n) is 8.13. The highest BCUT2D eigenvalue weighted by Gasteiger charge is 2.36. The minimum atomic E-state index is -0.191. The van der Waals surface area contributed by atoms with E-state index < -0.39 is 0 Å². The molecule has 1 aliphatic rings. The van der Waals surface area contributed by atoms with E-state index in [0.29, 0.717) is 17.1 Å². The molecule has 0 saturated heterocycles. The topological polar surface area (TPSA) is 63.6 Å². The summed E-state index contributed by atoms with van der Waals surface area (Å²) in [5.74, 6) is 0.576. The highest BCUT2D eigenvalue weighted by molar-refractivity contribution is 5.75. The summed E-state index contributed by atoms with van der Waals surface area (Å²) in [7, 11) is 0. The van der Waals surface area contributed by atoms with Crippen molar-refractivity contribution in [3.8, 4) is 0 Å². The molecule has 122 valence electrons. The average molecular weight is 304 g/mol. The van der Waals surface area contributed by atoms with Gasteiger partial charge in [-0.1, -0.05) is 54.5 Å². The average Bonchev–Trinajstić information content (AvgIpc) is 3.06. The van der Waals surface area contributed by atoms with Gasteiger partial charge in [-0.3, -0.25) is 9.36 Å². The number of fused-ring (bicyclic) bond motifs is 1. The quantitative estimate of drug-likeness (QED) is 0.863. The van der Waals surface area contributed by atoms with Crippen LogP contribution in [0.3, 0.4) is 0 Å². The first kappa shape index (κ1) is 18.1. The molecule has 0 bridgehead atoms. The van der Waals surface area contributed by atoms with Gasteiger partial charge in [-0.2, -0.15) is 0 Å². The van der Waals surface area contributed by atoms with Gasteiger partial charge in [-0.05, 0) is 12.3 Å². The number of aromatic amines is 1. The van der Waals surface area contributed by atoms with Crippen molar-refractivity contribution in [3.63, 3.8) is 0 Å². The maximum Gasteiger partial charge on any atom is 0.278 e. The van der Waals surface area contributed by atoms with Gasteiger partial charge < -0.3 is 4.98 Å². The van der Waals surface area contributed by atoms with Crippen molar-refractivity contribution in [1.82, 2.24) is 19.5 Å². The lowest BCUT2D eigenvalue weighted by atomic mass is 9.81. The number of nitrogens with zero attached hydrogens (tertiary/aromatic N) is 3. The largest absolute Gasteiger partial charge is 0.311 e. The van der Waals surface area contributed by atoms with Crippen LogP contribution in [-0.2, 0) is 0 Å². The summed E-state index contributed by atoms with van der Waals surface area (Å²) >= 11 is 0. The summed E-state index contributed by atoms with van der Waals surface area (Å²) in [5, 5.41) is 0. The standard InChI is InChI=1S/C13H16N4O.2C2H6/c1-8-4-5-9(13(8,2)3)17-7-16-10-11(17)14-6-15-12(10)18;2*1-2/h5-8H,4H2,1-3H3,(H,14,15,18);2*1-2H3. The summed E-state index contributed by atoms with van der Waals surface area (Å²) < 4.78 is 1.94. The molecule has 0 radical (unpaired) electrons. The summed E-state index contributed by atoms with van der Waals surface area (Å²) in [6, 6.07) is 0. The highest BCUT2D eigenvalue weighted by atomic mass is 16.1. The maximum absolute atomic E-state index is 11.6. The zero-order valence-corrected chi connectivity index (χ0v) is 14.8. The van der Waals surface area contributed by atoms with E-state index in [2.05, 4.69) is 41.8 Å². The molecule has 1 N–H and O–H groups in total. The minimum Gasteiger partial charge on any atom is -0.311 e. The maximum atomic E-state index is 11.6. The van der Waals surface area contributed by atoms with Crippen LogP contribution in [0.25, 0.3) is 16.9 Å². The van der Waals surface area contributed by atoms with Crippen LogP contribution < -0.4 is 5.56 Å². The number of hydrogen-bond donors (Lipinski definition) is 1. The second-order valence-corrected chi connectivity index (χ2v) is 5.47. The normalized spacial score (nSPS) is 18.9. The molecule has 1 atom stereocenters. The molecule has 22 heavy (non-hydrogen) atoms. The molecule has 2 heterocycles. The Bertz CT molecular complexity index is 694. The van der Waals surface area contributed by atoms with Crippen molar-refractivity contribution < 1.29 is 0 Å². The summed E-state index contributed by atoms with van der Waals surface area (Å²) in [6.45, 7) is 14.7. The number of allylic oxidation sites excluding steroid dienone is 2. The Balaban J connectivity index is 0.000000561. The highest BCUT2D eigenvalue weighted by Crippen LogP contribution is 2.45. The van der Waals surface area contributed by atoms with Crippen molar-refractivity contribution in [1.29, 1.82) is 0 Å². The molecule has 1 aliphatic carbocycles. The van der Waals surface area contributed by atoms with Crippen LogP contribution >= 0.6 is 0 Å². The third-order valence-corrected chi connectivity index (χ3v) is 4.16. The van der Waals surface area contributed by atoms with E-state index in [1.807, 2.05) is 32.3 Å². The van der Waals surface area contributed by atoms with E-state index in [9.17, 15) is 4.79 Å². The molecule has 5 nitrogen and oxygen atoms in total. The zero-order valence-electron chi connectivity index (χ0n) is 14.8. The fraction of sp³-hybridized carbons (Fsp3) is 0.588. The molecular weight excluding hydrogens is 276 g/mol. The van der Waals surface area contributed by atoms with Crippen molar-refractivity contribution >= 4 is 16.9 Å². The lowest BCUT2D eigenvalue weighted by molar-refractivity contribution is 0.338. The third kappa shape index (κ3) is 2.98. The molecule has 2 aromatic rings. The van der Waals surface area contributed by atoms with Crippen LogP contribution in [0, 0.1) is 11.3 Å². The molecule has 2 aromatic heterocycles. The van der Waals surface area contributed by atoms with Gasteiger partial charge in [0.2, 0.25) is 0 Å². The van der Waals surface area contributed by atoms with E-state index in [1.165, 1.54) is 12.0 Å². The van der Waals surface area contributed by atoms with Gasteiger partial charge in [-0.15, -0.1) is 0 Å². The Kier molecular flexibility index (Phi) is 6.09. The van der Waals surface area contributed by atoms with Gasteiger partial charge in [0.15, 0.2) is 11.2 Å². The fourth-order valence-corrected chi connectivity index (χ4v) is 2.53. The monoisotopic (exact) mass is 304 g/mol. The Morgan fingerprint density at radius 3 is 2.41 bits per heavy atom. The predicted octanol–water partition coefficient (Wildman–Crippen LogP) is 4.08. The molecule has 0 spiro atoms. The Morgan fingerprint density at radius 1 is 1.23 bits per heavy atom. The number of aromatic nitrogens is 4. The Morgan fingerprint density at radius 2 is 1.86 bits per heavy atom. The molecule has 0 amide bonds. The summed E-state index contributed by atoms with van der Waals surface area (Å²) in [5.41, 5.74) is 2.08. The minimum absolute atomic E-state index is 0.0674. The van der Waals surface area contributed by atoms with Gasteiger partial charge in [0.05, 0.1) is 6.33 Å². The lowest BCUT2D eigenvalue weighted by Crippen LogP contribution is -2.21. The number of rotatable bonds is 1. The summed E-state index contributed by atoms with van der Waals surface area (Å²) in [6.07, 6.45) is 6.38. The lowest BCUT2D eigenvalue weighted by Gasteiger charge is -2.28. The van der Waals surface area contributed by atoms with Gasteiger partial charge in [0, 0.05) is 11.1 Å². The van der Waals surface area contributed by atoms with Crippen LogP contribution in [0.1, 0.15) is 54.9 Å². The number of nitrogens with one attached hydrogen (secondary N) is 1. The molecule has 0 aliphatic heterocycles. The van der Waals surface area contributed by atoms with E-state index >= 15 is 0 Å². The second kappa shape index (κ2) is 7.38. The Hall–Kier alpha value is -1.91. The molecule has 1 unspecified atom stereocenters. The summed E-state index contributed by atoms with van der Waals surface area (Å²) in [4.78, 5) is 22.6. The van der Waals surface area contributed by atoms with E-state index in [1.54, 1.807) is 6.33 Å². The predicted molar refractivity (Wildman–Crippen MR) is 92.7 cm³/mol. The first-order valence-corrected chi connectivity index (χ1v) is 8.13. The molecular formula is C17H28N4O. The van der Waals surface area contributed by atoms with Crippen molar-refractivity contribution in [3.05, 3.63) is 29.1 Å². The Labute approximate surface area is 132 Å². The second-order valence-electron chi connectivity index (χ2n) is 5.47. The van der Waals surface area contributed by atoms with Crippen LogP contribution in [0.5, 0.6) is 0 Å². The fourth-order valence-electron chi connectivity index (χ4n) is 2.53. The zero-order chi connectivity index (χ0) is 16.9. The number of H-pyrrole nitrogens is 1. The first-order chi connectivity index (χ1) is 10.5. The van der Waals surface area contributed by atoms with Crippen molar-refractivity contribution in [2.24, 2.45) is 11.3 Å². The van der Waals surface area contributed by atoms with E-state index in [4.69, 9.17) is 0 Å². The smallest absolute Gasteiger partial charge is 0.278 e. The van der Waals surface area contributed by atoms with E-state index in [-0.39, 0.29) is 11.0 Å². The van der Waals surface area contributed by atoms with Gasteiger partial charge in [0.1, 0.15) is 6.33 Å². The van der Waals surface area contributed by atoms with Gasteiger partial charge in [0.25, 0.3) is 5.56 Å². The molecule has 3 rings (SSSR count). The van der Waals surface area contributed by atoms with Gasteiger partial charge in [-0.25, -0.2) is 9.97 Å². The van der Waals surface area contributed by atoms with Crippen LogP contribution in [0.4, 0.5) is 0 Å². The van der Waals surface area contributed by atoms with Crippen molar-refractivity contribution in [2.75, 3.05) is 0 Å². The SMILES string of the molecule is CC.CC.CC1CC=C(n2cnc3c(=O)[nH]cnc32)C1(C)C. The molecule has 5 heteroatoms. The molecule has 0 saturated carbocycles. The van der Waals surface area contributed by atoms with Crippen LogP contribution in [0.15, 0.2) is 23.5 Å². The van der Waals surface area contributed by atoms with Crippen molar-refractivity contribution in [2.45, 2.75) is 54.9 Å². The molecule has 0 fully saturated rings. The van der Waals surface area contributed by atoms with Crippen LogP contribution in [0.2, 0.25) is 0 Å². The molecule has 0 aromatic carbocycles. The third-order valence-electron chi connectivity index (χ3n) is 4.16.